The van der Waals surface area contributed by atoms with Crippen LogP contribution in [0.25, 0.3) is 0 Å². The van der Waals surface area contributed by atoms with E-state index in [1.165, 1.54) is 24.3 Å². The summed E-state index contributed by atoms with van der Waals surface area (Å²) in [5.74, 6) is -0.206. The van der Waals surface area contributed by atoms with Gasteiger partial charge < -0.3 is 19.7 Å². The summed E-state index contributed by atoms with van der Waals surface area (Å²) < 4.78 is 24.0. The highest BCUT2D eigenvalue weighted by atomic mass is 19.1. The molecule has 7 heteroatoms. The summed E-state index contributed by atoms with van der Waals surface area (Å²) in [4.78, 5) is 26.7. The molecule has 3 rings (SSSR count). The summed E-state index contributed by atoms with van der Waals surface area (Å²) in [6.45, 7) is 1.16. The number of ether oxygens (including phenoxy) is 2. The monoisotopic (exact) mass is 378 g/mol. The zero-order valence-electron chi connectivity index (χ0n) is 15.7. The summed E-state index contributed by atoms with van der Waals surface area (Å²) in [6, 6.07) is 5.70. The molecule has 1 spiro atoms. The summed E-state index contributed by atoms with van der Waals surface area (Å²) in [5, 5.41) is 2.83. The molecule has 1 aliphatic heterocycles. The summed E-state index contributed by atoms with van der Waals surface area (Å²) in [6.07, 6.45) is 4.90. The van der Waals surface area contributed by atoms with Crippen LogP contribution in [0.1, 0.15) is 38.5 Å². The Hall–Kier alpha value is -2.15. The number of hydrogen-bond donors (Lipinski definition) is 1. The molecule has 0 radical (unpaired) electrons. The molecule has 2 fully saturated rings. The second kappa shape index (κ2) is 8.69. The number of carbonyl (C=O) groups is 2. The molecule has 6 nitrogen and oxygen atoms in total. The number of carbonyl (C=O) groups excluding carboxylic acids is 2. The van der Waals surface area contributed by atoms with E-state index in [0.29, 0.717) is 18.9 Å². The van der Waals surface area contributed by atoms with Crippen LogP contribution < -0.4 is 10.1 Å². The lowest BCUT2D eigenvalue weighted by Gasteiger charge is -2.58. The van der Waals surface area contributed by atoms with E-state index in [0.717, 1.165) is 38.5 Å². The van der Waals surface area contributed by atoms with Crippen LogP contribution in [0, 0.1) is 5.82 Å². The third-order valence-corrected chi connectivity index (χ3v) is 5.45. The van der Waals surface area contributed by atoms with Crippen LogP contribution in [0.3, 0.4) is 0 Å². The minimum Gasteiger partial charge on any atom is -0.478 e. The average molecular weight is 378 g/mol. The fourth-order valence-corrected chi connectivity index (χ4v) is 4.05. The molecule has 1 N–H and O–H groups in total. The Balaban J connectivity index is 1.65. The topological polar surface area (TPSA) is 67.9 Å². The van der Waals surface area contributed by atoms with Crippen molar-refractivity contribution in [2.45, 2.75) is 50.2 Å². The van der Waals surface area contributed by atoms with E-state index < -0.39 is 11.6 Å². The van der Waals surface area contributed by atoms with Crippen molar-refractivity contribution >= 4 is 11.8 Å². The number of likely N-dealkylation sites (tertiary alicyclic amines) is 1. The van der Waals surface area contributed by atoms with Crippen molar-refractivity contribution in [1.82, 2.24) is 10.2 Å². The number of halogens is 1. The Kier molecular flexibility index (Phi) is 6.31. The van der Waals surface area contributed by atoms with Crippen LogP contribution in [0.15, 0.2) is 24.3 Å². The molecule has 1 aliphatic carbocycles. The number of methoxy groups -OCH3 is 1. The normalized spacial score (nSPS) is 21.0. The molecule has 1 atom stereocenters. The molecule has 1 unspecified atom stereocenters. The third kappa shape index (κ3) is 4.24. The van der Waals surface area contributed by atoms with E-state index in [1.807, 2.05) is 0 Å². The fourth-order valence-electron chi connectivity index (χ4n) is 4.05. The van der Waals surface area contributed by atoms with Crippen molar-refractivity contribution in [2.24, 2.45) is 0 Å². The lowest BCUT2D eigenvalue weighted by molar-refractivity contribution is -0.187. The van der Waals surface area contributed by atoms with Gasteiger partial charge in [-0.1, -0.05) is 19.3 Å². The SMILES string of the molecule is COCCCNC(=O)CN1C(=O)C(Oc2ccc(F)cc2)C12CCCCC2. The lowest BCUT2D eigenvalue weighted by atomic mass is 9.70. The zero-order valence-corrected chi connectivity index (χ0v) is 15.7. The molecule has 1 heterocycles. The first kappa shape index (κ1) is 19.6. The predicted molar refractivity (Wildman–Crippen MR) is 97.8 cm³/mol. The van der Waals surface area contributed by atoms with Gasteiger partial charge >= 0.3 is 0 Å². The Morgan fingerprint density at radius 3 is 2.63 bits per heavy atom. The maximum atomic E-state index is 13.1. The first-order chi connectivity index (χ1) is 13.1. The molecule has 0 bridgehead atoms. The van der Waals surface area contributed by atoms with E-state index in [2.05, 4.69) is 5.32 Å². The lowest BCUT2D eigenvalue weighted by Crippen LogP contribution is -2.77. The average Bonchev–Trinajstić information content (AvgIpc) is 2.69. The van der Waals surface area contributed by atoms with Gasteiger partial charge in [0, 0.05) is 20.3 Å². The van der Waals surface area contributed by atoms with Gasteiger partial charge in [0.15, 0.2) is 6.10 Å². The van der Waals surface area contributed by atoms with Crippen LogP contribution in [-0.2, 0) is 14.3 Å². The summed E-state index contributed by atoms with van der Waals surface area (Å²) in [7, 11) is 1.62. The standard InChI is InChI=1S/C20H27FN2O4/c1-26-13-5-12-22-17(24)14-23-19(25)18(20(23)10-3-2-4-11-20)27-16-8-6-15(21)7-9-16/h6-9,18H,2-5,10-14H2,1H3,(H,22,24). The van der Waals surface area contributed by atoms with Crippen LogP contribution in [-0.4, -0.2) is 55.2 Å². The van der Waals surface area contributed by atoms with Gasteiger partial charge in [-0.05, 0) is 43.5 Å². The number of β-lactam (4-membered cyclic amide) rings is 1. The number of hydrogen-bond acceptors (Lipinski definition) is 4. The van der Waals surface area contributed by atoms with E-state index in [9.17, 15) is 14.0 Å². The Bertz CT molecular complexity index is 658. The van der Waals surface area contributed by atoms with Crippen LogP contribution in [0.2, 0.25) is 0 Å². The Morgan fingerprint density at radius 2 is 1.96 bits per heavy atom. The maximum Gasteiger partial charge on any atom is 0.267 e. The number of nitrogens with one attached hydrogen (secondary N) is 1. The molecule has 1 saturated heterocycles. The molecule has 1 aromatic carbocycles. The van der Waals surface area contributed by atoms with Gasteiger partial charge in [0.1, 0.15) is 18.1 Å². The highest BCUT2D eigenvalue weighted by molar-refractivity contribution is 5.94. The van der Waals surface area contributed by atoms with Crippen molar-refractivity contribution in [1.29, 1.82) is 0 Å². The van der Waals surface area contributed by atoms with Crippen molar-refractivity contribution < 1.29 is 23.5 Å². The smallest absolute Gasteiger partial charge is 0.267 e. The molecule has 2 aliphatic rings. The van der Waals surface area contributed by atoms with Gasteiger partial charge in [-0.25, -0.2) is 4.39 Å². The van der Waals surface area contributed by atoms with E-state index >= 15 is 0 Å². The molecule has 0 aromatic heterocycles. The van der Waals surface area contributed by atoms with Gasteiger partial charge in [0.2, 0.25) is 5.91 Å². The van der Waals surface area contributed by atoms with Crippen LogP contribution in [0.4, 0.5) is 4.39 Å². The molecule has 2 amide bonds. The predicted octanol–water partition coefficient (Wildman–Crippen LogP) is 2.27. The fraction of sp³-hybridized carbons (Fsp3) is 0.600. The highest BCUT2D eigenvalue weighted by Gasteiger charge is 2.62. The van der Waals surface area contributed by atoms with Crippen molar-refractivity contribution in [2.75, 3.05) is 26.8 Å². The summed E-state index contributed by atoms with van der Waals surface area (Å²) in [5.41, 5.74) is -0.437. The minimum atomic E-state index is -0.607. The molecule has 1 saturated carbocycles. The largest absolute Gasteiger partial charge is 0.478 e. The number of benzene rings is 1. The van der Waals surface area contributed by atoms with Gasteiger partial charge in [-0.15, -0.1) is 0 Å². The second-order valence-electron chi connectivity index (χ2n) is 7.24. The number of nitrogens with zero attached hydrogens (tertiary/aromatic N) is 1. The zero-order chi connectivity index (χ0) is 19.3. The molecular weight excluding hydrogens is 351 g/mol. The van der Waals surface area contributed by atoms with Gasteiger partial charge in [0.25, 0.3) is 5.91 Å². The quantitative estimate of drug-likeness (QED) is 0.557. The van der Waals surface area contributed by atoms with E-state index in [4.69, 9.17) is 9.47 Å². The van der Waals surface area contributed by atoms with Crippen molar-refractivity contribution in [3.63, 3.8) is 0 Å². The van der Waals surface area contributed by atoms with E-state index in [1.54, 1.807) is 12.0 Å². The van der Waals surface area contributed by atoms with Gasteiger partial charge in [-0.3, -0.25) is 9.59 Å². The Labute approximate surface area is 159 Å². The van der Waals surface area contributed by atoms with Crippen LogP contribution >= 0.6 is 0 Å². The number of amides is 2. The van der Waals surface area contributed by atoms with Gasteiger partial charge in [-0.2, -0.15) is 0 Å². The van der Waals surface area contributed by atoms with Crippen molar-refractivity contribution in [3.8, 4) is 5.75 Å². The number of rotatable bonds is 8. The van der Waals surface area contributed by atoms with Gasteiger partial charge in [0.05, 0.1) is 5.54 Å². The third-order valence-electron chi connectivity index (χ3n) is 5.45. The highest BCUT2D eigenvalue weighted by Crippen LogP contribution is 2.45. The second-order valence-corrected chi connectivity index (χ2v) is 7.24. The molecule has 148 valence electrons. The summed E-state index contributed by atoms with van der Waals surface area (Å²) >= 11 is 0. The first-order valence-electron chi connectivity index (χ1n) is 9.56. The minimum absolute atomic E-state index is 0.0507. The van der Waals surface area contributed by atoms with E-state index in [-0.39, 0.29) is 24.2 Å². The molecular formula is C20H27FN2O4. The maximum absolute atomic E-state index is 13.1. The van der Waals surface area contributed by atoms with Crippen LogP contribution in [0.5, 0.6) is 5.75 Å². The Morgan fingerprint density at radius 1 is 1.26 bits per heavy atom. The van der Waals surface area contributed by atoms with Crippen molar-refractivity contribution in [3.05, 3.63) is 30.1 Å². The molecule has 1 aromatic rings. The first-order valence-corrected chi connectivity index (χ1v) is 9.56. The molecule has 27 heavy (non-hydrogen) atoms.